The van der Waals surface area contributed by atoms with Crippen LogP contribution in [0.4, 0.5) is 0 Å². The van der Waals surface area contributed by atoms with E-state index < -0.39 is 0 Å². The molecule has 6 heteroatoms. The third-order valence-corrected chi connectivity index (χ3v) is 4.32. The summed E-state index contributed by atoms with van der Waals surface area (Å²) >= 11 is 6.25. The summed E-state index contributed by atoms with van der Waals surface area (Å²) in [6.07, 6.45) is 0. The van der Waals surface area contributed by atoms with Crippen LogP contribution in [0.3, 0.4) is 0 Å². The fourth-order valence-electron chi connectivity index (χ4n) is 2.72. The van der Waals surface area contributed by atoms with E-state index in [4.69, 9.17) is 16.3 Å². The Bertz CT molecular complexity index is 486. The zero-order valence-electron chi connectivity index (χ0n) is 11.8. The van der Waals surface area contributed by atoms with Crippen LogP contribution in [0.5, 0.6) is 0 Å². The molecule has 0 N–H and O–H groups in total. The molecule has 1 aliphatic heterocycles. The highest BCUT2D eigenvalue weighted by atomic mass is 35.5. The maximum Gasteiger partial charge on any atom is 0.310 e. The molecule has 1 aromatic heterocycles. The molecule has 2 atom stereocenters. The van der Waals surface area contributed by atoms with Gasteiger partial charge in [-0.2, -0.15) is 5.10 Å². The van der Waals surface area contributed by atoms with E-state index in [1.54, 1.807) is 0 Å². The first kappa shape index (κ1) is 14.3. The molecule has 0 aromatic carbocycles. The van der Waals surface area contributed by atoms with Gasteiger partial charge in [0.05, 0.1) is 29.4 Å². The Hall–Kier alpha value is -1.07. The number of hydrogen-bond donors (Lipinski definition) is 0. The van der Waals surface area contributed by atoms with Gasteiger partial charge < -0.3 is 4.74 Å². The number of nitrogens with zero attached hydrogens (tertiary/aromatic N) is 3. The number of likely N-dealkylation sites (tertiary alicyclic amines) is 1. The molecule has 1 aliphatic rings. The normalized spacial score (nSPS) is 23.8. The van der Waals surface area contributed by atoms with Gasteiger partial charge >= 0.3 is 5.97 Å². The maximum atomic E-state index is 11.7. The van der Waals surface area contributed by atoms with Crippen LogP contribution in [0.25, 0.3) is 0 Å². The summed E-state index contributed by atoms with van der Waals surface area (Å²) in [5.41, 5.74) is 1.84. The molecule has 0 saturated carbocycles. The Balaban J connectivity index is 2.07. The van der Waals surface area contributed by atoms with E-state index in [9.17, 15) is 4.79 Å². The van der Waals surface area contributed by atoms with Crippen LogP contribution in [-0.2, 0) is 23.1 Å². The molecule has 1 aromatic rings. The van der Waals surface area contributed by atoms with Crippen LogP contribution < -0.4 is 0 Å². The highest BCUT2D eigenvalue weighted by Gasteiger charge is 2.36. The number of carbonyl (C=O) groups excluding carboxylic acids is 1. The molecule has 2 unspecified atom stereocenters. The largest absolute Gasteiger partial charge is 0.469 e. The van der Waals surface area contributed by atoms with E-state index in [1.807, 2.05) is 18.7 Å². The first-order chi connectivity index (χ1) is 8.93. The van der Waals surface area contributed by atoms with E-state index in [0.717, 1.165) is 23.0 Å². The van der Waals surface area contributed by atoms with Crippen molar-refractivity contribution in [3.05, 3.63) is 16.4 Å². The van der Waals surface area contributed by atoms with Gasteiger partial charge in [0, 0.05) is 26.7 Å². The molecule has 2 heterocycles. The summed E-state index contributed by atoms with van der Waals surface area (Å²) in [4.78, 5) is 13.9. The van der Waals surface area contributed by atoms with Gasteiger partial charge in [0.2, 0.25) is 0 Å². The molecule has 0 spiro atoms. The standard InChI is InChI=1S/C13H20ClN3O2/c1-8-5-17(6-10(8)13(18)19-4)7-11-12(14)9(2)15-16(11)3/h8,10H,5-7H2,1-4H3. The predicted molar refractivity (Wildman–Crippen MR) is 72.9 cm³/mol. The SMILES string of the molecule is COC(=O)C1CN(Cc2c(Cl)c(C)nn2C)CC1C. The van der Waals surface area contributed by atoms with Crippen molar-refractivity contribution < 1.29 is 9.53 Å². The Morgan fingerprint density at radius 3 is 2.74 bits per heavy atom. The van der Waals surface area contributed by atoms with Gasteiger partial charge in [-0.15, -0.1) is 0 Å². The van der Waals surface area contributed by atoms with Crippen molar-refractivity contribution in [1.29, 1.82) is 0 Å². The quantitative estimate of drug-likeness (QED) is 0.792. The first-order valence-corrected chi connectivity index (χ1v) is 6.80. The van der Waals surface area contributed by atoms with Crippen LogP contribution >= 0.6 is 11.6 Å². The maximum absolute atomic E-state index is 11.7. The molecular formula is C13H20ClN3O2. The van der Waals surface area contributed by atoms with Crippen molar-refractivity contribution in [2.24, 2.45) is 18.9 Å². The number of ether oxygens (including phenoxy) is 1. The van der Waals surface area contributed by atoms with Gasteiger partial charge in [-0.3, -0.25) is 14.4 Å². The molecule has 1 saturated heterocycles. The van der Waals surface area contributed by atoms with E-state index in [-0.39, 0.29) is 11.9 Å². The number of hydrogen-bond acceptors (Lipinski definition) is 4. The lowest BCUT2D eigenvalue weighted by molar-refractivity contribution is -0.146. The van der Waals surface area contributed by atoms with Gasteiger partial charge in [-0.1, -0.05) is 18.5 Å². The van der Waals surface area contributed by atoms with Crippen molar-refractivity contribution in [1.82, 2.24) is 14.7 Å². The van der Waals surface area contributed by atoms with Crippen LogP contribution in [0.15, 0.2) is 0 Å². The number of rotatable bonds is 3. The van der Waals surface area contributed by atoms with Gasteiger partial charge in [0.1, 0.15) is 0 Å². The van der Waals surface area contributed by atoms with Crippen molar-refractivity contribution in [2.75, 3.05) is 20.2 Å². The number of carbonyl (C=O) groups is 1. The van der Waals surface area contributed by atoms with E-state index in [2.05, 4.69) is 16.9 Å². The summed E-state index contributed by atoms with van der Waals surface area (Å²) in [7, 11) is 3.34. The zero-order chi connectivity index (χ0) is 14.2. The third-order valence-electron chi connectivity index (χ3n) is 3.83. The first-order valence-electron chi connectivity index (χ1n) is 6.42. The summed E-state index contributed by atoms with van der Waals surface area (Å²) < 4.78 is 6.66. The number of halogens is 1. The van der Waals surface area contributed by atoms with Crippen LogP contribution in [-0.4, -0.2) is 40.8 Å². The lowest BCUT2D eigenvalue weighted by Crippen LogP contribution is -2.25. The fraction of sp³-hybridized carbons (Fsp3) is 0.692. The van der Waals surface area contributed by atoms with Crippen molar-refractivity contribution in [2.45, 2.75) is 20.4 Å². The minimum Gasteiger partial charge on any atom is -0.469 e. The highest BCUT2D eigenvalue weighted by Crippen LogP contribution is 2.28. The van der Waals surface area contributed by atoms with E-state index in [1.165, 1.54) is 7.11 Å². The minimum absolute atomic E-state index is 0.0434. The zero-order valence-corrected chi connectivity index (χ0v) is 12.6. The van der Waals surface area contributed by atoms with Gasteiger partial charge in [0.25, 0.3) is 0 Å². The number of methoxy groups -OCH3 is 1. The lowest BCUT2D eigenvalue weighted by atomic mass is 9.99. The molecule has 0 amide bonds. The Labute approximate surface area is 118 Å². The molecule has 2 rings (SSSR count). The second-order valence-corrected chi connectivity index (χ2v) is 5.65. The molecule has 0 bridgehead atoms. The Morgan fingerprint density at radius 1 is 1.53 bits per heavy atom. The van der Waals surface area contributed by atoms with E-state index >= 15 is 0 Å². The van der Waals surface area contributed by atoms with Crippen molar-refractivity contribution >= 4 is 17.6 Å². The topological polar surface area (TPSA) is 47.4 Å². The second kappa shape index (κ2) is 5.51. The minimum atomic E-state index is -0.123. The highest BCUT2D eigenvalue weighted by molar-refractivity contribution is 6.31. The Morgan fingerprint density at radius 2 is 2.21 bits per heavy atom. The molecular weight excluding hydrogens is 266 g/mol. The fourth-order valence-corrected chi connectivity index (χ4v) is 2.94. The predicted octanol–water partition coefficient (Wildman–Crippen LogP) is 1.62. The van der Waals surface area contributed by atoms with Crippen molar-refractivity contribution in [3.8, 4) is 0 Å². The average molecular weight is 286 g/mol. The average Bonchev–Trinajstić information content (AvgIpc) is 2.84. The van der Waals surface area contributed by atoms with Gasteiger partial charge in [-0.05, 0) is 12.8 Å². The van der Waals surface area contributed by atoms with Gasteiger partial charge in [0.15, 0.2) is 0 Å². The molecule has 0 aliphatic carbocycles. The summed E-state index contributed by atoms with van der Waals surface area (Å²) in [6, 6.07) is 0. The molecule has 1 fully saturated rings. The van der Waals surface area contributed by atoms with E-state index in [0.29, 0.717) is 19.0 Å². The molecule has 19 heavy (non-hydrogen) atoms. The summed E-state index contributed by atoms with van der Waals surface area (Å²) in [5, 5.41) is 5.03. The van der Waals surface area contributed by atoms with Crippen LogP contribution in [0.2, 0.25) is 5.02 Å². The smallest absolute Gasteiger partial charge is 0.310 e. The lowest BCUT2D eigenvalue weighted by Gasteiger charge is -2.15. The number of aromatic nitrogens is 2. The third kappa shape index (κ3) is 2.77. The van der Waals surface area contributed by atoms with Crippen LogP contribution in [0, 0.1) is 18.8 Å². The Kier molecular flexibility index (Phi) is 4.16. The van der Waals surface area contributed by atoms with Crippen LogP contribution in [0.1, 0.15) is 18.3 Å². The molecule has 0 radical (unpaired) electrons. The monoisotopic (exact) mass is 285 g/mol. The molecule has 5 nitrogen and oxygen atoms in total. The van der Waals surface area contributed by atoms with Crippen molar-refractivity contribution in [3.63, 3.8) is 0 Å². The molecule has 106 valence electrons. The summed E-state index contributed by atoms with van der Waals surface area (Å²) in [5.74, 6) is 0.140. The number of esters is 1. The summed E-state index contributed by atoms with van der Waals surface area (Å²) in [6.45, 7) is 6.29. The number of aryl methyl sites for hydroxylation is 2. The second-order valence-electron chi connectivity index (χ2n) is 5.27. The van der Waals surface area contributed by atoms with Gasteiger partial charge in [-0.25, -0.2) is 0 Å².